The number of amides is 1. The summed E-state index contributed by atoms with van der Waals surface area (Å²) in [7, 11) is 1.73. The molecule has 0 radical (unpaired) electrons. The molecule has 2 rings (SSSR count). The van der Waals surface area contributed by atoms with Crippen molar-refractivity contribution in [1.82, 2.24) is 4.90 Å². The van der Waals surface area contributed by atoms with Gasteiger partial charge in [-0.15, -0.1) is 0 Å². The molecule has 0 aliphatic heterocycles. The minimum Gasteiger partial charge on any atom is -0.464 e. The van der Waals surface area contributed by atoms with Crippen molar-refractivity contribution < 1.29 is 9.21 Å². The van der Waals surface area contributed by atoms with E-state index >= 15 is 0 Å². The second-order valence-electron chi connectivity index (χ2n) is 4.33. The van der Waals surface area contributed by atoms with Gasteiger partial charge in [-0.25, -0.2) is 0 Å². The maximum atomic E-state index is 12.3. The summed E-state index contributed by atoms with van der Waals surface area (Å²) in [4.78, 5) is 13.9. The van der Waals surface area contributed by atoms with E-state index in [1.54, 1.807) is 30.1 Å². The van der Waals surface area contributed by atoms with Crippen LogP contribution in [0.25, 0.3) is 0 Å². The van der Waals surface area contributed by atoms with Crippen LogP contribution in [0.2, 0.25) is 5.02 Å². The molecule has 0 aliphatic rings. The van der Waals surface area contributed by atoms with Gasteiger partial charge in [0.05, 0.1) is 6.54 Å². The first kappa shape index (κ1) is 14.2. The first-order valence-corrected chi connectivity index (χ1v) is 6.89. The van der Waals surface area contributed by atoms with Crippen LogP contribution in [-0.2, 0) is 6.54 Å². The van der Waals surface area contributed by atoms with Crippen molar-refractivity contribution in [1.29, 1.82) is 0 Å². The number of carbonyl (C=O) groups is 1. The zero-order valence-corrected chi connectivity index (χ0v) is 13.0. The lowest BCUT2D eigenvalue weighted by Crippen LogP contribution is -2.26. The normalized spacial score (nSPS) is 10.5. The van der Waals surface area contributed by atoms with Gasteiger partial charge in [-0.1, -0.05) is 27.5 Å². The van der Waals surface area contributed by atoms with E-state index in [9.17, 15) is 4.79 Å². The predicted molar refractivity (Wildman–Crippen MR) is 78.4 cm³/mol. The number of rotatable bonds is 3. The number of carbonyl (C=O) groups excluding carboxylic acids is 1. The number of aryl methyl sites for hydroxylation is 1. The Morgan fingerprint density at radius 1 is 1.37 bits per heavy atom. The molecule has 100 valence electrons. The maximum Gasteiger partial charge on any atom is 0.254 e. The Morgan fingerprint density at radius 3 is 2.68 bits per heavy atom. The first-order chi connectivity index (χ1) is 8.95. The van der Waals surface area contributed by atoms with Crippen molar-refractivity contribution in [2.75, 3.05) is 7.05 Å². The van der Waals surface area contributed by atoms with Gasteiger partial charge in [-0.3, -0.25) is 4.79 Å². The van der Waals surface area contributed by atoms with E-state index in [2.05, 4.69) is 15.9 Å². The van der Waals surface area contributed by atoms with Crippen molar-refractivity contribution in [3.8, 4) is 0 Å². The quantitative estimate of drug-likeness (QED) is 0.834. The highest BCUT2D eigenvalue weighted by Gasteiger charge is 2.14. The van der Waals surface area contributed by atoms with Gasteiger partial charge in [-0.2, -0.15) is 0 Å². The molecule has 0 atom stereocenters. The number of halogens is 2. The van der Waals surface area contributed by atoms with E-state index < -0.39 is 0 Å². The third-order valence-corrected chi connectivity index (χ3v) is 3.32. The zero-order chi connectivity index (χ0) is 14.0. The van der Waals surface area contributed by atoms with Crippen LogP contribution in [0.1, 0.15) is 21.9 Å². The third kappa shape index (κ3) is 3.61. The topological polar surface area (TPSA) is 33.5 Å². The highest BCUT2D eigenvalue weighted by atomic mass is 79.9. The molecule has 5 heteroatoms. The van der Waals surface area contributed by atoms with E-state index in [1.165, 1.54) is 0 Å². The molecule has 1 heterocycles. The van der Waals surface area contributed by atoms with Crippen LogP contribution in [0.5, 0.6) is 0 Å². The van der Waals surface area contributed by atoms with Gasteiger partial charge in [0.2, 0.25) is 0 Å². The highest BCUT2D eigenvalue weighted by Crippen LogP contribution is 2.21. The summed E-state index contributed by atoms with van der Waals surface area (Å²) in [6.07, 6.45) is 0. The molecule has 0 bridgehead atoms. The molecule has 1 amide bonds. The fourth-order valence-corrected chi connectivity index (χ4v) is 2.63. The predicted octanol–water partition coefficient (Wildman–Crippen LogP) is 4.28. The zero-order valence-electron chi connectivity index (χ0n) is 10.6. The summed E-state index contributed by atoms with van der Waals surface area (Å²) >= 11 is 9.27. The Labute approximate surface area is 125 Å². The van der Waals surface area contributed by atoms with Crippen molar-refractivity contribution in [2.45, 2.75) is 13.5 Å². The SMILES string of the molecule is Cc1ccc(CN(C)C(=O)c2cc(Cl)cc(Br)c2)o1. The lowest BCUT2D eigenvalue weighted by atomic mass is 10.2. The summed E-state index contributed by atoms with van der Waals surface area (Å²) in [5.74, 6) is 1.49. The van der Waals surface area contributed by atoms with Gasteiger partial charge >= 0.3 is 0 Å². The minimum absolute atomic E-state index is 0.0998. The second-order valence-corrected chi connectivity index (χ2v) is 5.68. The Bertz CT molecular complexity index is 589. The molecular weight excluding hydrogens is 330 g/mol. The average molecular weight is 343 g/mol. The van der Waals surface area contributed by atoms with Crippen molar-refractivity contribution in [3.63, 3.8) is 0 Å². The Morgan fingerprint density at radius 2 is 2.11 bits per heavy atom. The lowest BCUT2D eigenvalue weighted by molar-refractivity contribution is 0.0775. The number of hydrogen-bond acceptors (Lipinski definition) is 2. The summed E-state index contributed by atoms with van der Waals surface area (Å²) in [6, 6.07) is 8.89. The molecule has 19 heavy (non-hydrogen) atoms. The van der Waals surface area contributed by atoms with E-state index in [-0.39, 0.29) is 5.91 Å². The monoisotopic (exact) mass is 341 g/mol. The van der Waals surface area contributed by atoms with Crippen LogP contribution >= 0.6 is 27.5 Å². The number of furan rings is 1. The molecule has 2 aromatic rings. The minimum atomic E-state index is -0.0998. The van der Waals surface area contributed by atoms with Crippen LogP contribution in [0.3, 0.4) is 0 Å². The molecule has 0 aliphatic carbocycles. The molecule has 0 saturated heterocycles. The van der Waals surface area contributed by atoms with Gasteiger partial charge < -0.3 is 9.32 Å². The summed E-state index contributed by atoms with van der Waals surface area (Å²) in [5, 5.41) is 0.528. The fraction of sp³-hybridized carbons (Fsp3) is 0.214. The summed E-state index contributed by atoms with van der Waals surface area (Å²) in [6.45, 7) is 2.30. The molecule has 1 aromatic carbocycles. The van der Waals surface area contributed by atoms with Gasteiger partial charge in [0.1, 0.15) is 11.5 Å². The summed E-state index contributed by atoms with van der Waals surface area (Å²) < 4.78 is 6.24. The van der Waals surface area contributed by atoms with Gasteiger partial charge in [0.15, 0.2) is 0 Å². The van der Waals surface area contributed by atoms with E-state index in [0.29, 0.717) is 17.1 Å². The number of hydrogen-bond donors (Lipinski definition) is 0. The fourth-order valence-electron chi connectivity index (χ4n) is 1.77. The number of nitrogens with zero attached hydrogens (tertiary/aromatic N) is 1. The Hall–Kier alpha value is -1.26. The Kier molecular flexibility index (Phi) is 4.32. The lowest BCUT2D eigenvalue weighted by Gasteiger charge is -2.16. The first-order valence-electron chi connectivity index (χ1n) is 5.72. The van der Waals surface area contributed by atoms with Crippen LogP contribution < -0.4 is 0 Å². The van der Waals surface area contributed by atoms with E-state index in [4.69, 9.17) is 16.0 Å². The van der Waals surface area contributed by atoms with Crippen LogP contribution in [0, 0.1) is 6.92 Å². The second kappa shape index (κ2) is 5.80. The summed E-state index contributed by atoms with van der Waals surface area (Å²) in [5.41, 5.74) is 0.546. The molecule has 0 saturated carbocycles. The number of benzene rings is 1. The van der Waals surface area contributed by atoms with Crippen molar-refractivity contribution >= 4 is 33.4 Å². The maximum absolute atomic E-state index is 12.3. The van der Waals surface area contributed by atoms with Gasteiger partial charge in [-0.05, 0) is 37.3 Å². The third-order valence-electron chi connectivity index (χ3n) is 2.65. The van der Waals surface area contributed by atoms with E-state index in [0.717, 1.165) is 16.0 Å². The molecular formula is C14H13BrClNO2. The average Bonchev–Trinajstić information content (AvgIpc) is 2.72. The van der Waals surface area contributed by atoms with Crippen LogP contribution in [0.4, 0.5) is 0 Å². The molecule has 1 aromatic heterocycles. The largest absolute Gasteiger partial charge is 0.464 e. The molecule has 3 nitrogen and oxygen atoms in total. The Balaban J connectivity index is 2.14. The smallest absolute Gasteiger partial charge is 0.254 e. The van der Waals surface area contributed by atoms with Gasteiger partial charge in [0.25, 0.3) is 5.91 Å². The molecule has 0 fully saturated rings. The van der Waals surface area contributed by atoms with Crippen LogP contribution in [0.15, 0.2) is 39.2 Å². The molecule has 0 spiro atoms. The standard InChI is InChI=1S/C14H13BrClNO2/c1-9-3-4-13(19-9)8-17(2)14(18)10-5-11(15)7-12(16)6-10/h3-7H,8H2,1-2H3. The molecule has 0 unspecified atom stereocenters. The molecule has 0 N–H and O–H groups in total. The highest BCUT2D eigenvalue weighted by molar-refractivity contribution is 9.10. The van der Waals surface area contributed by atoms with Crippen molar-refractivity contribution in [3.05, 3.63) is 56.9 Å². The van der Waals surface area contributed by atoms with Crippen LogP contribution in [-0.4, -0.2) is 17.9 Å². The van der Waals surface area contributed by atoms with Crippen molar-refractivity contribution in [2.24, 2.45) is 0 Å². The van der Waals surface area contributed by atoms with E-state index in [1.807, 2.05) is 19.1 Å². The van der Waals surface area contributed by atoms with Gasteiger partial charge in [0, 0.05) is 22.1 Å².